The van der Waals surface area contributed by atoms with Crippen LogP contribution in [0.5, 0.6) is 0 Å². The van der Waals surface area contributed by atoms with Gasteiger partial charge in [0.05, 0.1) is 12.0 Å². The molecule has 1 aliphatic rings. The molecule has 0 atom stereocenters. The van der Waals surface area contributed by atoms with Crippen LogP contribution in [0.1, 0.15) is 58.2 Å². The third-order valence-electron chi connectivity index (χ3n) is 4.18. The molecule has 1 aromatic rings. The van der Waals surface area contributed by atoms with E-state index in [1.165, 1.54) is 38.5 Å². The molecular weight excluding hydrogens is 256 g/mol. The molecular formula is C14H24N4O2. The molecule has 1 saturated carbocycles. The zero-order chi connectivity index (χ0) is 14.6. The number of hydrogen-bond acceptors (Lipinski definition) is 4. The van der Waals surface area contributed by atoms with Crippen molar-refractivity contribution in [2.45, 2.75) is 65.3 Å². The first-order chi connectivity index (χ1) is 9.49. The van der Waals surface area contributed by atoms with E-state index in [9.17, 15) is 9.90 Å². The lowest BCUT2D eigenvalue weighted by molar-refractivity contribution is -0.147. The van der Waals surface area contributed by atoms with Crippen molar-refractivity contribution in [3.05, 3.63) is 5.82 Å². The maximum atomic E-state index is 11.2. The molecule has 6 heteroatoms. The molecule has 20 heavy (non-hydrogen) atoms. The second-order valence-corrected chi connectivity index (χ2v) is 6.50. The highest BCUT2D eigenvalue weighted by Gasteiger charge is 2.29. The third kappa shape index (κ3) is 3.77. The van der Waals surface area contributed by atoms with Crippen LogP contribution in [0.4, 0.5) is 0 Å². The number of carbonyl (C=O) groups is 1. The maximum Gasteiger partial charge on any atom is 0.310 e. The zero-order valence-electron chi connectivity index (χ0n) is 12.4. The van der Waals surface area contributed by atoms with E-state index in [2.05, 4.69) is 15.5 Å². The van der Waals surface area contributed by atoms with Gasteiger partial charge in [-0.1, -0.05) is 38.5 Å². The van der Waals surface area contributed by atoms with Crippen LogP contribution in [0, 0.1) is 11.3 Å². The highest BCUT2D eigenvalue weighted by atomic mass is 16.4. The van der Waals surface area contributed by atoms with Crippen LogP contribution in [-0.2, 0) is 17.8 Å². The average molecular weight is 280 g/mol. The number of rotatable bonds is 5. The summed E-state index contributed by atoms with van der Waals surface area (Å²) in [7, 11) is 0. The summed E-state index contributed by atoms with van der Waals surface area (Å²) >= 11 is 0. The fraction of sp³-hybridized carbons (Fsp3) is 0.857. The molecule has 0 radical (unpaired) electrons. The second-order valence-electron chi connectivity index (χ2n) is 6.50. The number of tetrazole rings is 1. The smallest absolute Gasteiger partial charge is 0.310 e. The fourth-order valence-electron chi connectivity index (χ4n) is 2.76. The van der Waals surface area contributed by atoms with Gasteiger partial charge < -0.3 is 5.11 Å². The van der Waals surface area contributed by atoms with Crippen molar-refractivity contribution < 1.29 is 9.90 Å². The maximum absolute atomic E-state index is 11.2. The van der Waals surface area contributed by atoms with E-state index in [0.29, 0.717) is 12.5 Å². The van der Waals surface area contributed by atoms with E-state index in [1.54, 1.807) is 18.5 Å². The van der Waals surface area contributed by atoms with Crippen molar-refractivity contribution >= 4 is 5.97 Å². The fourth-order valence-corrected chi connectivity index (χ4v) is 2.76. The summed E-state index contributed by atoms with van der Waals surface area (Å²) in [6, 6.07) is 0. The molecule has 2 rings (SSSR count). The Morgan fingerprint density at radius 3 is 2.55 bits per heavy atom. The predicted molar refractivity (Wildman–Crippen MR) is 74.1 cm³/mol. The largest absolute Gasteiger partial charge is 0.481 e. The minimum Gasteiger partial charge on any atom is -0.481 e. The van der Waals surface area contributed by atoms with Crippen LogP contribution < -0.4 is 0 Å². The zero-order valence-corrected chi connectivity index (χ0v) is 12.4. The van der Waals surface area contributed by atoms with Gasteiger partial charge in [-0.05, 0) is 30.2 Å². The number of carboxylic acid groups (broad SMARTS) is 1. The van der Waals surface area contributed by atoms with Gasteiger partial charge >= 0.3 is 5.97 Å². The van der Waals surface area contributed by atoms with Crippen LogP contribution in [-0.4, -0.2) is 31.3 Å². The van der Waals surface area contributed by atoms with Crippen molar-refractivity contribution in [1.82, 2.24) is 20.2 Å². The molecule has 6 nitrogen and oxygen atoms in total. The monoisotopic (exact) mass is 280 g/mol. The van der Waals surface area contributed by atoms with Crippen LogP contribution in [0.15, 0.2) is 0 Å². The van der Waals surface area contributed by atoms with E-state index < -0.39 is 11.4 Å². The summed E-state index contributed by atoms with van der Waals surface area (Å²) in [6.07, 6.45) is 8.55. The summed E-state index contributed by atoms with van der Waals surface area (Å²) in [6.45, 7) is 3.72. The van der Waals surface area contributed by atoms with E-state index in [4.69, 9.17) is 0 Å². The topological polar surface area (TPSA) is 80.9 Å². The Morgan fingerprint density at radius 1 is 1.30 bits per heavy atom. The molecule has 1 heterocycles. The van der Waals surface area contributed by atoms with E-state index in [0.717, 1.165) is 12.2 Å². The number of aromatic nitrogens is 4. The molecule has 0 bridgehead atoms. The SMILES string of the molecule is CC(C)(Cn1nnnc1CC1CCCCCC1)C(=O)O. The standard InChI is InChI=1S/C14H24N4O2/c1-14(2,13(19)20)10-18-12(15-16-17-18)9-11-7-5-3-4-6-8-11/h11H,3-10H2,1-2H3,(H,19,20). The molecule has 112 valence electrons. The Kier molecular flexibility index (Phi) is 4.73. The quantitative estimate of drug-likeness (QED) is 0.837. The van der Waals surface area contributed by atoms with Crippen molar-refractivity contribution in [2.75, 3.05) is 0 Å². The van der Waals surface area contributed by atoms with E-state index >= 15 is 0 Å². The molecule has 1 aliphatic carbocycles. The Balaban J connectivity index is 2.02. The van der Waals surface area contributed by atoms with Crippen LogP contribution in [0.25, 0.3) is 0 Å². The normalized spacial score (nSPS) is 17.9. The van der Waals surface area contributed by atoms with Crippen molar-refractivity contribution in [3.8, 4) is 0 Å². The van der Waals surface area contributed by atoms with Crippen LogP contribution in [0.3, 0.4) is 0 Å². The molecule has 1 N–H and O–H groups in total. The summed E-state index contributed by atoms with van der Waals surface area (Å²) in [4.78, 5) is 11.2. The minimum atomic E-state index is -0.854. The van der Waals surface area contributed by atoms with Crippen LogP contribution in [0.2, 0.25) is 0 Å². The lowest BCUT2D eigenvalue weighted by Gasteiger charge is -2.20. The number of carboxylic acids is 1. The molecule has 0 saturated heterocycles. The van der Waals surface area contributed by atoms with Crippen molar-refractivity contribution in [2.24, 2.45) is 11.3 Å². The van der Waals surface area contributed by atoms with Gasteiger partial charge in [-0.2, -0.15) is 0 Å². The summed E-state index contributed by atoms with van der Waals surface area (Å²) in [5, 5.41) is 21.0. The van der Waals surface area contributed by atoms with Gasteiger partial charge in [0.2, 0.25) is 0 Å². The summed E-state index contributed by atoms with van der Waals surface area (Å²) in [5.74, 6) is 0.634. The van der Waals surface area contributed by atoms with Gasteiger partial charge in [-0.3, -0.25) is 4.79 Å². The van der Waals surface area contributed by atoms with Crippen molar-refractivity contribution in [3.63, 3.8) is 0 Å². The van der Waals surface area contributed by atoms with E-state index in [-0.39, 0.29) is 0 Å². The lowest BCUT2D eigenvalue weighted by Crippen LogP contribution is -2.30. The highest BCUT2D eigenvalue weighted by molar-refractivity contribution is 5.73. The van der Waals surface area contributed by atoms with Gasteiger partial charge in [0, 0.05) is 6.42 Å². The molecule has 1 aromatic heterocycles. The first kappa shape index (κ1) is 14.9. The molecule has 0 aromatic carbocycles. The third-order valence-corrected chi connectivity index (χ3v) is 4.18. The number of aliphatic carboxylic acids is 1. The number of nitrogens with zero attached hydrogens (tertiary/aromatic N) is 4. The van der Waals surface area contributed by atoms with Gasteiger partial charge in [0.25, 0.3) is 0 Å². The predicted octanol–water partition coefficient (Wildman–Crippen LogP) is 2.30. The number of hydrogen-bond donors (Lipinski definition) is 1. The van der Waals surface area contributed by atoms with Gasteiger partial charge in [-0.25, -0.2) is 4.68 Å². The summed E-state index contributed by atoms with van der Waals surface area (Å²) in [5.41, 5.74) is -0.854. The Bertz CT molecular complexity index is 448. The second kappa shape index (κ2) is 6.33. The molecule has 0 unspecified atom stereocenters. The molecule has 0 amide bonds. The van der Waals surface area contributed by atoms with Gasteiger partial charge in [-0.15, -0.1) is 5.10 Å². The van der Waals surface area contributed by atoms with Gasteiger partial charge in [0.1, 0.15) is 0 Å². The minimum absolute atomic E-state index is 0.317. The molecule has 0 aliphatic heterocycles. The first-order valence-corrected chi connectivity index (χ1v) is 7.47. The Labute approximate surface area is 119 Å². The lowest BCUT2D eigenvalue weighted by atomic mass is 9.93. The molecule has 1 fully saturated rings. The summed E-state index contributed by atoms with van der Waals surface area (Å²) < 4.78 is 1.67. The Hall–Kier alpha value is -1.46. The highest BCUT2D eigenvalue weighted by Crippen LogP contribution is 2.26. The Morgan fingerprint density at radius 2 is 1.95 bits per heavy atom. The van der Waals surface area contributed by atoms with Crippen LogP contribution >= 0.6 is 0 Å². The van der Waals surface area contributed by atoms with Crippen molar-refractivity contribution in [1.29, 1.82) is 0 Å². The molecule has 0 spiro atoms. The first-order valence-electron chi connectivity index (χ1n) is 7.47. The van der Waals surface area contributed by atoms with E-state index in [1.807, 2.05) is 0 Å². The average Bonchev–Trinajstić information content (AvgIpc) is 2.63. The van der Waals surface area contributed by atoms with Gasteiger partial charge in [0.15, 0.2) is 5.82 Å².